The van der Waals surface area contributed by atoms with Crippen LogP contribution in [0.1, 0.15) is 11.6 Å². The van der Waals surface area contributed by atoms with Crippen molar-refractivity contribution in [3.8, 4) is 0 Å². The van der Waals surface area contributed by atoms with Gasteiger partial charge in [0, 0.05) is 11.6 Å². The van der Waals surface area contributed by atoms with E-state index in [9.17, 15) is 17.6 Å². The summed E-state index contributed by atoms with van der Waals surface area (Å²) < 4.78 is 38.0. The molecule has 0 aliphatic rings. The third-order valence-corrected chi connectivity index (χ3v) is 5.73. The second-order valence-corrected chi connectivity index (χ2v) is 8.48. The second kappa shape index (κ2) is 8.62. The van der Waals surface area contributed by atoms with Gasteiger partial charge in [-0.15, -0.1) is 0 Å². The van der Waals surface area contributed by atoms with Gasteiger partial charge in [0.25, 0.3) is 0 Å². The summed E-state index contributed by atoms with van der Waals surface area (Å²) in [4.78, 5) is 14.0. The molecular weight excluding hydrogens is 379 g/mol. The fraction of sp³-hybridized carbons (Fsp3) is 0.278. The van der Waals surface area contributed by atoms with Gasteiger partial charge >= 0.3 is 0 Å². The molecule has 2 aromatic rings. The first-order chi connectivity index (χ1) is 12.2. The number of carbonyl (C=O) groups is 1. The fourth-order valence-electron chi connectivity index (χ4n) is 2.47. The molecule has 0 bridgehead atoms. The monoisotopic (exact) mass is 398 g/mol. The number of halogens is 2. The molecule has 0 aliphatic heterocycles. The van der Waals surface area contributed by atoms with Crippen molar-refractivity contribution in [1.29, 1.82) is 0 Å². The molecule has 0 heterocycles. The lowest BCUT2D eigenvalue weighted by atomic mass is 10.1. The SMILES string of the molecule is CN(C)C(CNC(=O)CS(=O)(=O)c1ccc(Cl)cc1)c1cccc(F)c1. The van der Waals surface area contributed by atoms with Crippen LogP contribution in [0.25, 0.3) is 0 Å². The molecule has 1 N–H and O–H groups in total. The van der Waals surface area contributed by atoms with Crippen LogP contribution >= 0.6 is 11.6 Å². The zero-order valence-corrected chi connectivity index (χ0v) is 16.0. The Morgan fingerprint density at radius 3 is 2.42 bits per heavy atom. The lowest BCUT2D eigenvalue weighted by molar-refractivity contribution is -0.118. The Labute approximate surface area is 157 Å². The Bertz CT molecular complexity index is 870. The van der Waals surface area contributed by atoms with E-state index in [2.05, 4.69) is 5.32 Å². The third kappa shape index (κ3) is 5.52. The molecule has 0 fully saturated rings. The number of nitrogens with one attached hydrogen (secondary N) is 1. The number of benzene rings is 2. The molecule has 0 aromatic heterocycles. The number of likely N-dealkylation sites (N-methyl/N-ethyl adjacent to an activating group) is 1. The van der Waals surface area contributed by atoms with Crippen molar-refractivity contribution in [1.82, 2.24) is 10.2 Å². The third-order valence-electron chi connectivity index (χ3n) is 3.84. The van der Waals surface area contributed by atoms with Crippen molar-refractivity contribution >= 4 is 27.3 Å². The van der Waals surface area contributed by atoms with Gasteiger partial charge in [0.05, 0.1) is 10.9 Å². The van der Waals surface area contributed by atoms with E-state index in [4.69, 9.17) is 11.6 Å². The highest BCUT2D eigenvalue weighted by molar-refractivity contribution is 7.92. The number of carbonyl (C=O) groups excluding carboxylic acids is 1. The predicted octanol–water partition coefficient (Wildman–Crippen LogP) is 2.67. The lowest BCUT2D eigenvalue weighted by Crippen LogP contribution is -2.37. The van der Waals surface area contributed by atoms with Crippen LogP contribution in [0.5, 0.6) is 0 Å². The lowest BCUT2D eigenvalue weighted by Gasteiger charge is -2.25. The van der Waals surface area contributed by atoms with E-state index in [-0.39, 0.29) is 23.3 Å². The van der Waals surface area contributed by atoms with Gasteiger partial charge in [0.2, 0.25) is 5.91 Å². The van der Waals surface area contributed by atoms with Crippen molar-refractivity contribution in [2.45, 2.75) is 10.9 Å². The molecule has 1 amide bonds. The molecule has 0 radical (unpaired) electrons. The average molecular weight is 399 g/mol. The van der Waals surface area contributed by atoms with Gasteiger partial charge in [-0.1, -0.05) is 23.7 Å². The number of sulfone groups is 1. The minimum absolute atomic E-state index is 0.0336. The Kier molecular flexibility index (Phi) is 6.75. The molecule has 1 unspecified atom stereocenters. The Hall–Kier alpha value is -1.96. The average Bonchev–Trinajstić information content (AvgIpc) is 2.54. The molecule has 0 saturated heterocycles. The molecule has 26 heavy (non-hydrogen) atoms. The Morgan fingerprint density at radius 2 is 1.85 bits per heavy atom. The van der Waals surface area contributed by atoms with Crippen molar-refractivity contribution in [3.05, 3.63) is 64.9 Å². The van der Waals surface area contributed by atoms with E-state index in [1.165, 1.54) is 36.4 Å². The molecule has 5 nitrogen and oxygen atoms in total. The van der Waals surface area contributed by atoms with Crippen molar-refractivity contribution in [3.63, 3.8) is 0 Å². The van der Waals surface area contributed by atoms with E-state index >= 15 is 0 Å². The predicted molar refractivity (Wildman–Crippen MR) is 99.3 cm³/mol. The summed E-state index contributed by atoms with van der Waals surface area (Å²) in [5, 5.41) is 3.03. The molecule has 8 heteroatoms. The maximum absolute atomic E-state index is 13.4. The quantitative estimate of drug-likeness (QED) is 0.778. The summed E-state index contributed by atoms with van der Waals surface area (Å²) in [5.41, 5.74) is 0.691. The number of rotatable bonds is 7. The zero-order valence-electron chi connectivity index (χ0n) is 14.4. The van der Waals surface area contributed by atoms with Crippen LogP contribution in [0.3, 0.4) is 0 Å². The highest BCUT2D eigenvalue weighted by atomic mass is 35.5. The van der Waals surface area contributed by atoms with Crippen LogP contribution < -0.4 is 5.32 Å². The van der Waals surface area contributed by atoms with Crippen LogP contribution in [-0.4, -0.2) is 45.6 Å². The molecular formula is C18H20ClFN2O3S. The highest BCUT2D eigenvalue weighted by Crippen LogP contribution is 2.19. The summed E-state index contributed by atoms with van der Waals surface area (Å²) in [6, 6.07) is 11.4. The minimum atomic E-state index is -3.76. The van der Waals surface area contributed by atoms with E-state index in [1.807, 2.05) is 4.90 Å². The summed E-state index contributed by atoms with van der Waals surface area (Å²) in [7, 11) is -0.164. The van der Waals surface area contributed by atoms with E-state index in [0.717, 1.165) is 0 Å². The van der Waals surface area contributed by atoms with Crippen LogP contribution in [-0.2, 0) is 14.6 Å². The van der Waals surface area contributed by atoms with Gasteiger partial charge in [-0.2, -0.15) is 0 Å². The van der Waals surface area contributed by atoms with Crippen LogP contribution in [0, 0.1) is 5.82 Å². The first-order valence-corrected chi connectivity index (χ1v) is 9.89. The smallest absolute Gasteiger partial charge is 0.235 e. The standard InChI is InChI=1S/C18H20ClFN2O3S/c1-22(2)17(13-4-3-5-15(20)10-13)11-21-18(23)12-26(24,25)16-8-6-14(19)7-9-16/h3-10,17H,11-12H2,1-2H3,(H,21,23). The van der Waals surface area contributed by atoms with E-state index in [1.54, 1.807) is 26.2 Å². The highest BCUT2D eigenvalue weighted by Gasteiger charge is 2.21. The number of hydrogen-bond acceptors (Lipinski definition) is 4. The molecule has 0 saturated carbocycles. The van der Waals surface area contributed by atoms with Crippen molar-refractivity contribution in [2.24, 2.45) is 0 Å². The minimum Gasteiger partial charge on any atom is -0.353 e. The fourth-order valence-corrected chi connectivity index (χ4v) is 3.76. The van der Waals surface area contributed by atoms with Crippen LogP contribution in [0.4, 0.5) is 4.39 Å². The molecule has 140 valence electrons. The van der Waals surface area contributed by atoms with Gasteiger partial charge in [0.15, 0.2) is 9.84 Å². The molecule has 1 atom stereocenters. The topological polar surface area (TPSA) is 66.5 Å². The summed E-state index contributed by atoms with van der Waals surface area (Å²) >= 11 is 5.75. The van der Waals surface area contributed by atoms with E-state index in [0.29, 0.717) is 10.6 Å². The molecule has 2 rings (SSSR count). The summed E-state index contributed by atoms with van der Waals surface area (Å²) in [6.45, 7) is 0.158. The largest absolute Gasteiger partial charge is 0.353 e. The van der Waals surface area contributed by atoms with Gasteiger partial charge in [0.1, 0.15) is 11.6 Å². The summed E-state index contributed by atoms with van der Waals surface area (Å²) in [5.74, 6) is -1.66. The maximum atomic E-state index is 13.4. The van der Waals surface area contributed by atoms with Crippen LogP contribution in [0.15, 0.2) is 53.4 Å². The van der Waals surface area contributed by atoms with Gasteiger partial charge in [-0.3, -0.25) is 4.79 Å². The summed E-state index contributed by atoms with van der Waals surface area (Å²) in [6.07, 6.45) is 0. The number of nitrogens with zero attached hydrogens (tertiary/aromatic N) is 1. The second-order valence-electron chi connectivity index (χ2n) is 6.05. The Balaban J connectivity index is 2.03. The first-order valence-electron chi connectivity index (χ1n) is 7.86. The van der Waals surface area contributed by atoms with Gasteiger partial charge in [-0.05, 0) is 56.1 Å². The number of hydrogen-bond donors (Lipinski definition) is 1. The van der Waals surface area contributed by atoms with Crippen molar-refractivity contribution in [2.75, 3.05) is 26.4 Å². The maximum Gasteiger partial charge on any atom is 0.235 e. The van der Waals surface area contributed by atoms with Gasteiger partial charge < -0.3 is 10.2 Å². The molecule has 0 aliphatic carbocycles. The normalized spacial score (nSPS) is 12.8. The van der Waals surface area contributed by atoms with E-state index < -0.39 is 21.5 Å². The molecule has 0 spiro atoms. The Morgan fingerprint density at radius 1 is 1.19 bits per heavy atom. The number of amides is 1. The van der Waals surface area contributed by atoms with Crippen LogP contribution in [0.2, 0.25) is 5.02 Å². The zero-order chi connectivity index (χ0) is 19.3. The first kappa shape index (κ1) is 20.4. The van der Waals surface area contributed by atoms with Crippen molar-refractivity contribution < 1.29 is 17.6 Å². The van der Waals surface area contributed by atoms with Gasteiger partial charge in [-0.25, -0.2) is 12.8 Å². The molecule has 2 aromatic carbocycles.